The van der Waals surface area contributed by atoms with Gasteiger partial charge in [0.05, 0.1) is 13.2 Å². The van der Waals surface area contributed by atoms with E-state index in [1.807, 2.05) is 0 Å². The molecule has 0 spiro atoms. The summed E-state index contributed by atoms with van der Waals surface area (Å²) in [6.45, 7) is 0.625. The monoisotopic (exact) mass is 255 g/mol. The molecule has 0 heterocycles. The van der Waals surface area contributed by atoms with Gasteiger partial charge in [-0.3, -0.25) is 9.59 Å². The molecule has 0 saturated heterocycles. The average molecular weight is 255 g/mol. The predicted octanol–water partition coefficient (Wildman–Crippen LogP) is -2.09. The van der Waals surface area contributed by atoms with Gasteiger partial charge in [0.25, 0.3) is 0 Å². The quantitative estimate of drug-likeness (QED) is 0.445. The molecule has 0 aromatic heterocycles. The van der Waals surface area contributed by atoms with Gasteiger partial charge in [-0.25, -0.2) is 8.42 Å². The zero-order valence-corrected chi connectivity index (χ0v) is 9.36. The second-order valence-corrected chi connectivity index (χ2v) is 4.51. The Morgan fingerprint density at radius 2 is 2.00 bits per heavy atom. The van der Waals surface area contributed by atoms with Gasteiger partial charge in [-0.1, -0.05) is 0 Å². The molecule has 0 aliphatic heterocycles. The summed E-state index contributed by atoms with van der Waals surface area (Å²) in [4.78, 5) is 21.3. The lowest BCUT2D eigenvalue weighted by Crippen LogP contribution is -2.45. The number of sulfonamides is 1. The van der Waals surface area contributed by atoms with Crippen LogP contribution in [0.1, 0.15) is 6.92 Å². The van der Waals surface area contributed by atoms with E-state index in [1.54, 1.807) is 4.72 Å². The molecule has 1 atom stereocenters. The molecule has 0 unspecified atom stereocenters. The minimum absolute atomic E-state index is 0.0245. The van der Waals surface area contributed by atoms with E-state index in [9.17, 15) is 18.0 Å². The van der Waals surface area contributed by atoms with Crippen LogP contribution in [-0.4, -0.2) is 55.6 Å². The lowest BCUT2D eigenvalue weighted by Gasteiger charge is -2.11. The van der Waals surface area contributed by atoms with Gasteiger partial charge in [-0.05, 0) is 6.92 Å². The fourth-order valence-corrected chi connectivity index (χ4v) is 1.87. The van der Waals surface area contributed by atoms with E-state index in [0.29, 0.717) is 0 Å². The maximum absolute atomic E-state index is 11.2. The van der Waals surface area contributed by atoms with Gasteiger partial charge in [0, 0.05) is 0 Å². The number of hydrogen-bond donors (Lipinski definition) is 3. The van der Waals surface area contributed by atoms with Gasteiger partial charge in [0.15, 0.2) is 5.75 Å². The van der Waals surface area contributed by atoms with Crippen LogP contribution in [0.2, 0.25) is 0 Å². The lowest BCUT2D eigenvalue weighted by molar-refractivity contribution is -0.141. The number of aliphatic hydroxyl groups is 1. The van der Waals surface area contributed by atoms with Gasteiger partial charge in [0.1, 0.15) is 6.04 Å². The highest BCUT2D eigenvalue weighted by molar-refractivity contribution is 7.90. The normalized spacial score (nSPS) is 13.1. The Morgan fingerprint density at radius 1 is 1.44 bits per heavy atom. The number of nitrogens with one attached hydrogen (secondary N) is 1. The van der Waals surface area contributed by atoms with Crippen LogP contribution in [0.4, 0.5) is 0 Å². The van der Waals surface area contributed by atoms with Crippen molar-refractivity contribution >= 4 is 22.0 Å². The molecule has 0 bridgehead atoms. The predicted molar refractivity (Wildman–Crippen MR) is 52.1 cm³/mol. The average Bonchev–Trinajstić information content (AvgIpc) is 2.13. The molecular formula is C7H13NO7S. The third-order valence-electron chi connectivity index (χ3n) is 1.42. The molecule has 0 aromatic rings. The molecule has 9 heteroatoms. The van der Waals surface area contributed by atoms with Crippen LogP contribution >= 0.6 is 0 Å². The Balaban J connectivity index is 4.45. The van der Waals surface area contributed by atoms with E-state index in [4.69, 9.17) is 10.2 Å². The number of aliphatic carboxylic acids is 1. The number of carbonyl (C=O) groups excluding carboxylic acids is 1. The van der Waals surface area contributed by atoms with Gasteiger partial charge >= 0.3 is 11.9 Å². The molecule has 3 N–H and O–H groups in total. The number of carboxylic acids is 1. The molecular weight excluding hydrogens is 242 g/mol. The first-order chi connectivity index (χ1) is 7.32. The van der Waals surface area contributed by atoms with Crippen LogP contribution in [-0.2, 0) is 24.3 Å². The first-order valence-corrected chi connectivity index (χ1v) is 5.97. The van der Waals surface area contributed by atoms with Crippen molar-refractivity contribution < 1.29 is 33.0 Å². The third kappa shape index (κ3) is 5.63. The highest BCUT2D eigenvalue weighted by Crippen LogP contribution is 1.92. The van der Waals surface area contributed by atoms with E-state index in [1.165, 1.54) is 6.92 Å². The molecule has 16 heavy (non-hydrogen) atoms. The fourth-order valence-electron chi connectivity index (χ4n) is 0.782. The number of ether oxygens (including phenoxy) is 1. The van der Waals surface area contributed by atoms with Crippen LogP contribution in [0, 0.1) is 0 Å². The van der Waals surface area contributed by atoms with Crippen LogP contribution in [0.15, 0.2) is 0 Å². The summed E-state index contributed by atoms with van der Waals surface area (Å²) < 4.78 is 28.4. The van der Waals surface area contributed by atoms with E-state index < -0.39 is 40.4 Å². The molecule has 0 aliphatic carbocycles. The molecule has 0 rings (SSSR count). The Morgan fingerprint density at radius 3 is 2.38 bits per heavy atom. The summed E-state index contributed by atoms with van der Waals surface area (Å²) in [5.41, 5.74) is 0. The molecule has 0 aliphatic rings. The van der Waals surface area contributed by atoms with Crippen molar-refractivity contribution in [1.29, 1.82) is 0 Å². The van der Waals surface area contributed by atoms with Crippen molar-refractivity contribution in [2.24, 2.45) is 0 Å². The van der Waals surface area contributed by atoms with Crippen LogP contribution in [0.3, 0.4) is 0 Å². The van der Waals surface area contributed by atoms with E-state index in [-0.39, 0.29) is 6.61 Å². The lowest BCUT2D eigenvalue weighted by atomic mass is 10.3. The third-order valence-corrected chi connectivity index (χ3v) is 2.68. The summed E-state index contributed by atoms with van der Waals surface area (Å²) >= 11 is 0. The standard InChI is InChI=1S/C7H13NO7S/c1-2-15-6(10)4-16(13,14)8-5(3-9)7(11)12/h5,8-9H,2-4H2,1H3,(H,11,12)/t5-/m0/s1. The van der Waals surface area contributed by atoms with Crippen molar-refractivity contribution in [1.82, 2.24) is 4.72 Å². The first-order valence-electron chi connectivity index (χ1n) is 4.31. The maximum Gasteiger partial charge on any atom is 0.324 e. The van der Waals surface area contributed by atoms with Crippen LogP contribution < -0.4 is 4.72 Å². The summed E-state index contributed by atoms with van der Waals surface area (Å²) in [6, 6.07) is -1.67. The highest BCUT2D eigenvalue weighted by atomic mass is 32.2. The molecule has 0 amide bonds. The number of aliphatic hydroxyl groups excluding tert-OH is 1. The number of rotatable bonds is 7. The van der Waals surface area contributed by atoms with Gasteiger partial charge in [-0.15, -0.1) is 0 Å². The minimum atomic E-state index is -4.12. The molecule has 94 valence electrons. The minimum Gasteiger partial charge on any atom is -0.480 e. The van der Waals surface area contributed by atoms with Gasteiger partial charge < -0.3 is 14.9 Å². The second-order valence-electron chi connectivity index (χ2n) is 2.76. The Hall–Kier alpha value is -1.19. The van der Waals surface area contributed by atoms with Crippen molar-refractivity contribution in [3.8, 4) is 0 Å². The highest BCUT2D eigenvalue weighted by Gasteiger charge is 2.25. The zero-order chi connectivity index (χ0) is 12.8. The summed E-state index contributed by atoms with van der Waals surface area (Å²) in [5.74, 6) is -3.50. The first kappa shape index (κ1) is 14.8. The summed E-state index contributed by atoms with van der Waals surface area (Å²) in [6.07, 6.45) is 0. The van der Waals surface area contributed by atoms with E-state index >= 15 is 0 Å². The molecule has 0 fully saturated rings. The molecule has 0 radical (unpaired) electrons. The van der Waals surface area contributed by atoms with E-state index in [2.05, 4.69) is 4.74 Å². The molecule has 0 aromatic carbocycles. The Labute approximate surface area is 92.3 Å². The maximum atomic E-state index is 11.2. The number of esters is 1. The summed E-state index contributed by atoms with van der Waals surface area (Å²) in [5, 5.41) is 17.0. The number of carbonyl (C=O) groups is 2. The smallest absolute Gasteiger partial charge is 0.324 e. The fraction of sp³-hybridized carbons (Fsp3) is 0.714. The second kappa shape index (κ2) is 6.40. The molecule has 0 saturated carbocycles. The largest absolute Gasteiger partial charge is 0.480 e. The topological polar surface area (TPSA) is 130 Å². The van der Waals surface area contributed by atoms with Crippen molar-refractivity contribution in [3.63, 3.8) is 0 Å². The van der Waals surface area contributed by atoms with E-state index in [0.717, 1.165) is 0 Å². The number of carboxylic acid groups (broad SMARTS) is 1. The number of hydrogen-bond acceptors (Lipinski definition) is 6. The van der Waals surface area contributed by atoms with Crippen molar-refractivity contribution in [2.45, 2.75) is 13.0 Å². The van der Waals surface area contributed by atoms with Gasteiger partial charge in [-0.2, -0.15) is 4.72 Å². The summed E-state index contributed by atoms with van der Waals surface area (Å²) in [7, 11) is -4.12. The SMILES string of the molecule is CCOC(=O)CS(=O)(=O)N[C@@H](CO)C(=O)O. The zero-order valence-electron chi connectivity index (χ0n) is 8.54. The van der Waals surface area contributed by atoms with Crippen LogP contribution in [0.5, 0.6) is 0 Å². The van der Waals surface area contributed by atoms with Crippen molar-refractivity contribution in [3.05, 3.63) is 0 Å². The Kier molecular flexibility index (Phi) is 5.93. The molecule has 8 nitrogen and oxygen atoms in total. The Bertz CT molecular complexity index is 350. The van der Waals surface area contributed by atoms with Crippen molar-refractivity contribution in [2.75, 3.05) is 19.0 Å². The van der Waals surface area contributed by atoms with Crippen LogP contribution in [0.25, 0.3) is 0 Å². The van der Waals surface area contributed by atoms with Gasteiger partial charge in [0.2, 0.25) is 10.0 Å².